The Kier molecular flexibility index (Phi) is 5.47. The third-order valence-corrected chi connectivity index (χ3v) is 5.94. The first-order chi connectivity index (χ1) is 16.5. The average molecular weight is 454 g/mol. The second-order valence-electron chi connectivity index (χ2n) is 8.40. The lowest BCUT2D eigenvalue weighted by atomic mass is 9.90. The Bertz CT molecular complexity index is 1560. The standard InChI is InChI=1S/C27H24N4O3/c1-28-16-17-5-8-21-24(13-17)34-25-15-18(30(2)3)6-10-22(25)26(21)20-9-7-19(14-23(20)27(32)33)31-12-4-11-29-31/h4-15,28H,16H2,1-3H3/p+1. The second kappa shape index (κ2) is 8.61. The maximum atomic E-state index is 12.4. The van der Waals surface area contributed by atoms with Gasteiger partial charge < -0.3 is 14.8 Å². The van der Waals surface area contributed by atoms with Gasteiger partial charge in [0, 0.05) is 41.5 Å². The van der Waals surface area contributed by atoms with E-state index in [-0.39, 0.29) is 5.56 Å². The number of rotatable bonds is 5. The summed E-state index contributed by atoms with van der Waals surface area (Å²) < 4.78 is 10.0. The lowest BCUT2D eigenvalue weighted by Gasteiger charge is -2.18. The number of aromatic nitrogens is 2. The number of nitrogens with zero attached hydrogens (tertiary/aromatic N) is 3. The molecule has 0 fully saturated rings. The third-order valence-electron chi connectivity index (χ3n) is 5.94. The smallest absolute Gasteiger partial charge is 0.336 e. The zero-order valence-electron chi connectivity index (χ0n) is 19.2. The molecule has 2 heterocycles. The van der Waals surface area contributed by atoms with Crippen molar-refractivity contribution in [1.29, 1.82) is 0 Å². The fourth-order valence-corrected chi connectivity index (χ4v) is 4.30. The molecule has 7 nitrogen and oxygen atoms in total. The van der Waals surface area contributed by atoms with E-state index in [9.17, 15) is 9.90 Å². The topological polar surface area (TPSA) is 83.3 Å². The van der Waals surface area contributed by atoms with Gasteiger partial charge >= 0.3 is 5.97 Å². The Labute approximate surface area is 196 Å². The number of aromatic carboxylic acids is 1. The van der Waals surface area contributed by atoms with Crippen molar-refractivity contribution in [2.24, 2.45) is 0 Å². The summed E-state index contributed by atoms with van der Waals surface area (Å²) in [5.41, 5.74) is 5.01. The van der Waals surface area contributed by atoms with Gasteiger partial charge in [0.25, 0.3) is 0 Å². The number of nitrogens with one attached hydrogen (secondary N) is 1. The molecule has 1 aliphatic carbocycles. The molecular weight excluding hydrogens is 428 g/mol. The van der Waals surface area contributed by atoms with Gasteiger partial charge in [0.15, 0.2) is 0 Å². The van der Waals surface area contributed by atoms with Crippen molar-refractivity contribution < 1.29 is 14.3 Å². The van der Waals surface area contributed by atoms with Crippen molar-refractivity contribution >= 4 is 16.9 Å². The van der Waals surface area contributed by atoms with Gasteiger partial charge in [-0.25, -0.2) is 14.1 Å². The predicted molar refractivity (Wildman–Crippen MR) is 132 cm³/mol. The Morgan fingerprint density at radius 1 is 1.09 bits per heavy atom. The van der Waals surface area contributed by atoms with E-state index >= 15 is 0 Å². The Hall–Kier alpha value is -4.23. The highest BCUT2D eigenvalue weighted by molar-refractivity contribution is 6.07. The van der Waals surface area contributed by atoms with E-state index in [1.54, 1.807) is 29.2 Å². The highest BCUT2D eigenvalue weighted by Gasteiger charge is 2.23. The number of carboxylic acids is 1. The number of hydrogen-bond donors (Lipinski definition) is 2. The number of hydrogen-bond acceptors (Lipinski definition) is 4. The summed E-state index contributed by atoms with van der Waals surface area (Å²) in [6.45, 7) is 0.704. The molecule has 170 valence electrons. The van der Waals surface area contributed by atoms with E-state index in [2.05, 4.69) is 10.4 Å². The lowest BCUT2D eigenvalue weighted by molar-refractivity contribution is 0.0697. The minimum atomic E-state index is -0.997. The molecule has 1 aliphatic heterocycles. The first kappa shape index (κ1) is 21.6. The number of fused-ring (bicyclic) bond motifs is 2. The van der Waals surface area contributed by atoms with Gasteiger partial charge in [-0.05, 0) is 48.5 Å². The number of benzene rings is 3. The van der Waals surface area contributed by atoms with Crippen molar-refractivity contribution in [2.75, 3.05) is 21.1 Å². The van der Waals surface area contributed by atoms with Gasteiger partial charge in [0.1, 0.15) is 25.4 Å². The van der Waals surface area contributed by atoms with Crippen molar-refractivity contribution in [3.63, 3.8) is 0 Å². The Morgan fingerprint density at radius 2 is 1.91 bits per heavy atom. The van der Waals surface area contributed by atoms with Crippen LogP contribution in [-0.4, -0.2) is 42.0 Å². The normalized spacial score (nSPS) is 11.3. The summed E-state index contributed by atoms with van der Waals surface area (Å²) in [5, 5.41) is 19.4. The average Bonchev–Trinajstić information content (AvgIpc) is 3.37. The first-order valence-corrected chi connectivity index (χ1v) is 11.0. The third kappa shape index (κ3) is 3.76. The summed E-state index contributed by atoms with van der Waals surface area (Å²) in [4.78, 5) is 12.4. The molecule has 7 heteroatoms. The summed E-state index contributed by atoms with van der Waals surface area (Å²) in [6.07, 6.45) is 3.46. The molecule has 2 aliphatic rings. The van der Waals surface area contributed by atoms with E-state index < -0.39 is 5.97 Å². The zero-order valence-corrected chi connectivity index (χ0v) is 19.2. The summed E-state index contributed by atoms with van der Waals surface area (Å²) in [7, 11) is 5.85. The van der Waals surface area contributed by atoms with Gasteiger partial charge in [-0.3, -0.25) is 0 Å². The van der Waals surface area contributed by atoms with Crippen LogP contribution in [0, 0.1) is 0 Å². The van der Waals surface area contributed by atoms with Crippen LogP contribution in [0.4, 0.5) is 0 Å². The molecule has 2 aromatic carbocycles. The van der Waals surface area contributed by atoms with Gasteiger partial charge in [-0.2, -0.15) is 5.10 Å². The summed E-state index contributed by atoms with van der Waals surface area (Å²) in [6, 6.07) is 19.3. The first-order valence-electron chi connectivity index (χ1n) is 11.0. The second-order valence-corrected chi connectivity index (χ2v) is 8.40. The van der Waals surface area contributed by atoms with Crippen LogP contribution in [0.5, 0.6) is 0 Å². The zero-order chi connectivity index (χ0) is 23.8. The van der Waals surface area contributed by atoms with Gasteiger partial charge in [-0.1, -0.05) is 18.2 Å². The number of carbonyl (C=O) groups is 1. The molecule has 0 amide bonds. The maximum Gasteiger partial charge on any atom is 0.336 e. The lowest BCUT2D eigenvalue weighted by Crippen LogP contribution is -2.21. The highest BCUT2D eigenvalue weighted by Crippen LogP contribution is 2.41. The van der Waals surface area contributed by atoms with Gasteiger partial charge in [0.05, 0.1) is 17.3 Å². The van der Waals surface area contributed by atoms with Gasteiger partial charge in [0.2, 0.25) is 5.36 Å². The molecule has 3 aromatic rings. The molecule has 0 bridgehead atoms. The van der Waals surface area contributed by atoms with Crippen LogP contribution in [0.15, 0.2) is 77.5 Å². The molecule has 0 saturated heterocycles. The summed E-state index contributed by atoms with van der Waals surface area (Å²) in [5.74, 6) is -0.300. The van der Waals surface area contributed by atoms with E-state index in [4.69, 9.17) is 4.42 Å². The summed E-state index contributed by atoms with van der Waals surface area (Å²) >= 11 is 0. The molecule has 5 rings (SSSR count). The quantitative estimate of drug-likeness (QED) is 0.312. The van der Waals surface area contributed by atoms with Crippen LogP contribution in [0.1, 0.15) is 15.9 Å². The molecule has 34 heavy (non-hydrogen) atoms. The van der Waals surface area contributed by atoms with E-state index in [0.29, 0.717) is 29.1 Å². The molecule has 2 N–H and O–H groups in total. The van der Waals surface area contributed by atoms with Crippen molar-refractivity contribution in [1.82, 2.24) is 19.7 Å². The van der Waals surface area contributed by atoms with Crippen LogP contribution < -0.4 is 15.2 Å². The van der Waals surface area contributed by atoms with Crippen LogP contribution in [0.2, 0.25) is 0 Å². The monoisotopic (exact) mass is 453 g/mol. The SMILES string of the molecule is CNCc1ccc2c(-c3ccc(-n4cccn4)cc3C(=O)O)c3ccc(=[N+](C)C)cc-3oc2c1. The van der Waals surface area contributed by atoms with E-state index in [1.165, 1.54) is 0 Å². The molecule has 0 atom stereocenters. The van der Waals surface area contributed by atoms with Crippen molar-refractivity contribution in [3.05, 3.63) is 89.5 Å². The van der Waals surface area contributed by atoms with Crippen LogP contribution in [0.25, 0.3) is 39.1 Å². The molecule has 0 spiro atoms. The maximum absolute atomic E-state index is 12.4. The minimum Gasteiger partial charge on any atom is -0.478 e. The number of carboxylic acid groups (broad SMARTS) is 1. The molecule has 0 saturated carbocycles. The van der Waals surface area contributed by atoms with Crippen LogP contribution in [-0.2, 0) is 6.54 Å². The molecule has 0 unspecified atom stereocenters. The van der Waals surface area contributed by atoms with Gasteiger partial charge in [-0.15, -0.1) is 0 Å². The molecular formula is C27H25N4O3+. The molecule has 0 radical (unpaired) electrons. The van der Waals surface area contributed by atoms with E-state index in [0.717, 1.165) is 27.4 Å². The van der Waals surface area contributed by atoms with E-state index in [1.807, 2.05) is 74.2 Å². The highest BCUT2D eigenvalue weighted by atomic mass is 16.4. The minimum absolute atomic E-state index is 0.206. The van der Waals surface area contributed by atoms with Crippen LogP contribution in [0.3, 0.4) is 0 Å². The predicted octanol–water partition coefficient (Wildman–Crippen LogP) is 3.84. The fraction of sp³-hybridized carbons (Fsp3) is 0.148. The van der Waals surface area contributed by atoms with Crippen LogP contribution >= 0.6 is 0 Å². The Morgan fingerprint density at radius 3 is 2.62 bits per heavy atom. The van der Waals surface area contributed by atoms with Crippen molar-refractivity contribution in [2.45, 2.75) is 6.54 Å². The molecule has 1 aromatic heterocycles. The Balaban J connectivity index is 1.86. The fourth-order valence-electron chi connectivity index (χ4n) is 4.30. The van der Waals surface area contributed by atoms with Crippen molar-refractivity contribution in [3.8, 4) is 28.1 Å². The largest absolute Gasteiger partial charge is 0.478 e.